The van der Waals surface area contributed by atoms with E-state index in [-0.39, 0.29) is 5.56 Å². The summed E-state index contributed by atoms with van der Waals surface area (Å²) in [4.78, 5) is 12.7. The zero-order chi connectivity index (χ0) is 13.9. The molecule has 0 aliphatic carbocycles. The molecule has 1 heterocycles. The van der Waals surface area contributed by atoms with Crippen LogP contribution in [0.15, 0.2) is 24.3 Å². The van der Waals surface area contributed by atoms with Crippen molar-refractivity contribution in [2.24, 2.45) is 0 Å². The predicted molar refractivity (Wildman–Crippen MR) is 71.7 cm³/mol. The van der Waals surface area contributed by atoms with Gasteiger partial charge in [-0.2, -0.15) is 0 Å². The lowest BCUT2D eigenvalue weighted by Crippen LogP contribution is -2.45. The van der Waals surface area contributed by atoms with Crippen LogP contribution in [0.4, 0.5) is 5.69 Å². The van der Waals surface area contributed by atoms with E-state index in [4.69, 9.17) is 9.84 Å². The molecule has 5 heteroatoms. The number of aromatic carboxylic acids is 1. The first-order valence-corrected chi connectivity index (χ1v) is 6.35. The number of hydrogen-bond acceptors (Lipinski definition) is 4. The minimum absolute atomic E-state index is 0.266. The number of nitrogens with zero attached hydrogens (tertiary/aromatic N) is 1. The van der Waals surface area contributed by atoms with Gasteiger partial charge in [-0.3, -0.25) is 0 Å². The van der Waals surface area contributed by atoms with Crippen LogP contribution in [0, 0.1) is 0 Å². The molecule has 0 radical (unpaired) electrons. The maximum Gasteiger partial charge on any atom is 0.335 e. The third kappa shape index (κ3) is 3.45. The van der Waals surface area contributed by atoms with Crippen molar-refractivity contribution in [3.63, 3.8) is 0 Å². The lowest BCUT2D eigenvalue weighted by atomic mass is 9.94. The van der Waals surface area contributed by atoms with Crippen LogP contribution in [0.3, 0.4) is 0 Å². The molecule has 0 aromatic heterocycles. The lowest BCUT2D eigenvalue weighted by molar-refractivity contribution is -0.0572. The quantitative estimate of drug-likeness (QED) is 0.860. The van der Waals surface area contributed by atoms with Gasteiger partial charge in [0, 0.05) is 45.3 Å². The molecule has 1 fully saturated rings. The minimum Gasteiger partial charge on any atom is -0.478 e. The third-order valence-electron chi connectivity index (χ3n) is 3.51. The van der Waals surface area contributed by atoms with Gasteiger partial charge in [-0.25, -0.2) is 4.79 Å². The molecule has 0 spiro atoms. The molecule has 0 atom stereocenters. The Morgan fingerprint density at radius 1 is 1.32 bits per heavy atom. The number of carboxylic acid groups (broad SMARTS) is 1. The summed E-state index contributed by atoms with van der Waals surface area (Å²) in [6.45, 7) is 1.69. The number of hydrogen-bond donors (Lipinski definition) is 2. The fraction of sp³-hybridized carbons (Fsp3) is 0.500. The van der Waals surface area contributed by atoms with Crippen LogP contribution in [-0.4, -0.2) is 48.6 Å². The summed E-state index contributed by atoms with van der Waals surface area (Å²) >= 11 is 0. The first kappa shape index (κ1) is 13.8. The maximum absolute atomic E-state index is 10.8. The number of benzene rings is 1. The normalized spacial score (nSPS) is 18.0. The van der Waals surface area contributed by atoms with E-state index in [2.05, 4.69) is 0 Å². The fourth-order valence-electron chi connectivity index (χ4n) is 2.30. The molecule has 2 N–H and O–H groups in total. The first-order valence-electron chi connectivity index (χ1n) is 6.35. The number of aliphatic hydroxyl groups is 1. The van der Waals surface area contributed by atoms with Crippen LogP contribution >= 0.6 is 0 Å². The molecule has 1 aliphatic rings. The number of carboxylic acids is 1. The average molecular weight is 265 g/mol. The summed E-state index contributed by atoms with van der Waals surface area (Å²) in [5.41, 5.74) is 0.435. The van der Waals surface area contributed by atoms with E-state index in [0.29, 0.717) is 32.6 Å². The monoisotopic (exact) mass is 265 g/mol. The van der Waals surface area contributed by atoms with Gasteiger partial charge in [0.1, 0.15) is 0 Å². The largest absolute Gasteiger partial charge is 0.478 e. The molecule has 1 saturated heterocycles. The Labute approximate surface area is 112 Å². The maximum atomic E-state index is 10.8. The van der Waals surface area contributed by atoms with Crippen LogP contribution in [0.5, 0.6) is 0 Å². The highest BCUT2D eigenvalue weighted by atomic mass is 16.5. The second kappa shape index (κ2) is 5.59. The van der Waals surface area contributed by atoms with Crippen LogP contribution in [0.25, 0.3) is 0 Å². The van der Waals surface area contributed by atoms with E-state index in [0.717, 1.165) is 5.69 Å². The molecule has 0 bridgehead atoms. The van der Waals surface area contributed by atoms with Crippen molar-refractivity contribution in [1.82, 2.24) is 0 Å². The number of likely N-dealkylation sites (N-methyl/N-ethyl adjacent to an activating group) is 1. The number of anilines is 1. The SMILES string of the molecule is CN(CC1(O)CCOCC1)c1ccc(C(=O)O)cc1. The average Bonchev–Trinajstić information content (AvgIpc) is 2.39. The Hall–Kier alpha value is -1.59. The molecule has 0 amide bonds. The van der Waals surface area contributed by atoms with E-state index < -0.39 is 11.6 Å². The van der Waals surface area contributed by atoms with Crippen molar-refractivity contribution in [3.8, 4) is 0 Å². The second-order valence-corrected chi connectivity index (χ2v) is 5.04. The molecule has 1 aliphatic heterocycles. The molecule has 0 saturated carbocycles. The summed E-state index contributed by atoms with van der Waals surface area (Å²) < 4.78 is 5.25. The molecule has 1 aromatic rings. The smallest absolute Gasteiger partial charge is 0.335 e. The van der Waals surface area contributed by atoms with Crippen LogP contribution in [0.1, 0.15) is 23.2 Å². The van der Waals surface area contributed by atoms with Crippen LogP contribution < -0.4 is 4.90 Å². The lowest BCUT2D eigenvalue weighted by Gasteiger charge is -2.36. The number of ether oxygens (including phenoxy) is 1. The molecular weight excluding hydrogens is 246 g/mol. The summed E-state index contributed by atoms with van der Waals surface area (Å²) in [7, 11) is 1.89. The Morgan fingerprint density at radius 3 is 2.42 bits per heavy atom. The molecule has 0 unspecified atom stereocenters. The summed E-state index contributed by atoms with van der Waals surface area (Å²) in [6, 6.07) is 6.66. The van der Waals surface area contributed by atoms with E-state index >= 15 is 0 Å². The second-order valence-electron chi connectivity index (χ2n) is 5.04. The van der Waals surface area contributed by atoms with Crippen LogP contribution in [0.2, 0.25) is 0 Å². The van der Waals surface area contributed by atoms with Crippen molar-refractivity contribution in [2.45, 2.75) is 18.4 Å². The predicted octanol–water partition coefficient (Wildman–Crippen LogP) is 1.36. The van der Waals surface area contributed by atoms with Crippen molar-refractivity contribution < 1.29 is 19.7 Å². The van der Waals surface area contributed by atoms with Gasteiger partial charge >= 0.3 is 5.97 Å². The number of carbonyl (C=O) groups is 1. The third-order valence-corrected chi connectivity index (χ3v) is 3.51. The van der Waals surface area contributed by atoms with E-state index in [1.54, 1.807) is 24.3 Å². The molecular formula is C14H19NO4. The topological polar surface area (TPSA) is 70.0 Å². The molecule has 5 nitrogen and oxygen atoms in total. The zero-order valence-corrected chi connectivity index (χ0v) is 11.0. The molecule has 1 aromatic carbocycles. The molecule has 104 valence electrons. The van der Waals surface area contributed by atoms with Crippen molar-refractivity contribution in [3.05, 3.63) is 29.8 Å². The van der Waals surface area contributed by atoms with Gasteiger partial charge in [0.15, 0.2) is 0 Å². The minimum atomic E-state index is -0.933. The zero-order valence-electron chi connectivity index (χ0n) is 11.0. The first-order chi connectivity index (χ1) is 9.00. The highest BCUT2D eigenvalue weighted by Gasteiger charge is 2.31. The van der Waals surface area contributed by atoms with Gasteiger partial charge in [0.2, 0.25) is 0 Å². The number of rotatable bonds is 4. The Kier molecular flexibility index (Phi) is 4.07. The van der Waals surface area contributed by atoms with Gasteiger partial charge in [0.25, 0.3) is 0 Å². The van der Waals surface area contributed by atoms with Crippen molar-refractivity contribution >= 4 is 11.7 Å². The molecule has 2 rings (SSSR count). The summed E-state index contributed by atoms with van der Waals surface area (Å²) in [6.07, 6.45) is 1.26. The van der Waals surface area contributed by atoms with E-state index in [9.17, 15) is 9.90 Å². The van der Waals surface area contributed by atoms with Gasteiger partial charge in [0.05, 0.1) is 11.2 Å². The Balaban J connectivity index is 2.02. The highest BCUT2D eigenvalue weighted by Crippen LogP contribution is 2.24. The summed E-state index contributed by atoms with van der Waals surface area (Å²) in [5, 5.41) is 19.3. The van der Waals surface area contributed by atoms with Crippen molar-refractivity contribution in [2.75, 3.05) is 31.7 Å². The standard InChI is InChI=1S/C14H19NO4/c1-15(10-14(18)6-8-19-9-7-14)12-4-2-11(3-5-12)13(16)17/h2-5,18H,6-10H2,1H3,(H,16,17). The highest BCUT2D eigenvalue weighted by molar-refractivity contribution is 5.88. The van der Waals surface area contributed by atoms with E-state index in [1.165, 1.54) is 0 Å². The van der Waals surface area contributed by atoms with Crippen LogP contribution in [-0.2, 0) is 4.74 Å². The Morgan fingerprint density at radius 2 is 1.89 bits per heavy atom. The summed E-state index contributed by atoms with van der Waals surface area (Å²) in [5.74, 6) is -0.933. The van der Waals surface area contributed by atoms with Gasteiger partial charge < -0.3 is 19.8 Å². The fourth-order valence-corrected chi connectivity index (χ4v) is 2.30. The molecule has 19 heavy (non-hydrogen) atoms. The van der Waals surface area contributed by atoms with Gasteiger partial charge in [-0.1, -0.05) is 0 Å². The van der Waals surface area contributed by atoms with Gasteiger partial charge in [-0.05, 0) is 24.3 Å². The van der Waals surface area contributed by atoms with Crippen molar-refractivity contribution in [1.29, 1.82) is 0 Å². The Bertz CT molecular complexity index is 437. The van der Waals surface area contributed by atoms with Gasteiger partial charge in [-0.15, -0.1) is 0 Å². The van der Waals surface area contributed by atoms with E-state index in [1.807, 2.05) is 11.9 Å².